The van der Waals surface area contributed by atoms with Crippen molar-refractivity contribution in [1.29, 1.82) is 0 Å². The molecule has 0 saturated heterocycles. The van der Waals surface area contributed by atoms with E-state index in [9.17, 15) is 10.1 Å². The highest BCUT2D eigenvalue weighted by molar-refractivity contribution is 5.60. The van der Waals surface area contributed by atoms with E-state index in [0.717, 1.165) is 16.8 Å². The van der Waals surface area contributed by atoms with Gasteiger partial charge in [0.05, 0.1) is 4.92 Å². The zero-order chi connectivity index (χ0) is 18.7. The van der Waals surface area contributed by atoms with E-state index < -0.39 is 6.79 Å². The van der Waals surface area contributed by atoms with Gasteiger partial charge in [-0.25, -0.2) is 0 Å². The van der Waals surface area contributed by atoms with Crippen LogP contribution in [0.3, 0.4) is 0 Å². The lowest BCUT2D eigenvalue weighted by molar-refractivity contribution is -0.384. The first-order chi connectivity index (χ1) is 11.3. The second kappa shape index (κ2) is 11.2. The van der Waals surface area contributed by atoms with Crippen molar-refractivity contribution in [2.45, 2.75) is 27.7 Å². The molecule has 2 rings (SSSR count). The van der Waals surface area contributed by atoms with Crippen LogP contribution in [0.2, 0.25) is 0 Å². The molecule has 0 saturated carbocycles. The van der Waals surface area contributed by atoms with Crippen molar-refractivity contribution in [3.05, 3.63) is 68.8 Å². The van der Waals surface area contributed by atoms with Gasteiger partial charge in [0, 0.05) is 24.9 Å². The summed E-state index contributed by atoms with van der Waals surface area (Å²) in [5.41, 5.74) is 5.56. The minimum atomic E-state index is -0.750. The number of aryl methyl sites for hydroxylation is 4. The van der Waals surface area contributed by atoms with Gasteiger partial charge in [0.25, 0.3) is 5.69 Å². The molecule has 132 valence electrons. The highest BCUT2D eigenvalue weighted by Gasteiger charge is 2.10. The summed E-state index contributed by atoms with van der Waals surface area (Å²) in [7, 11) is 1.81. The Morgan fingerprint density at radius 2 is 1.29 bits per heavy atom. The second-order valence-corrected chi connectivity index (χ2v) is 5.26. The van der Waals surface area contributed by atoms with Crippen LogP contribution in [-0.4, -0.2) is 29.0 Å². The number of non-ortho nitro benzene ring substituents is 1. The molecular weight excluding hydrogens is 308 g/mol. The monoisotopic (exact) mass is 334 g/mol. The normalized spacial score (nSPS) is 9.12. The van der Waals surface area contributed by atoms with Crippen molar-refractivity contribution < 1.29 is 15.1 Å². The molecule has 0 aliphatic rings. The summed E-state index contributed by atoms with van der Waals surface area (Å²) in [6, 6.07) is 11.6. The van der Waals surface area contributed by atoms with Crippen molar-refractivity contribution in [2.75, 3.05) is 19.2 Å². The van der Waals surface area contributed by atoms with E-state index in [1.54, 1.807) is 19.2 Å². The van der Waals surface area contributed by atoms with Crippen LogP contribution in [0.1, 0.15) is 22.3 Å². The van der Waals surface area contributed by atoms with Gasteiger partial charge in [-0.1, -0.05) is 35.4 Å². The van der Waals surface area contributed by atoms with Crippen LogP contribution >= 0.6 is 0 Å². The first-order valence-corrected chi connectivity index (χ1v) is 7.45. The Morgan fingerprint density at radius 3 is 1.54 bits per heavy atom. The Kier molecular flexibility index (Phi) is 10.0. The molecule has 0 heterocycles. The quantitative estimate of drug-likeness (QED) is 0.444. The molecule has 0 bridgehead atoms. The summed E-state index contributed by atoms with van der Waals surface area (Å²) in [4.78, 5) is 10.1. The SMILES string of the molecule is CNc1c(C)cc([N+](=O)[O-])cc1C.Cc1ccc(C)cc1.OCO. The van der Waals surface area contributed by atoms with E-state index in [-0.39, 0.29) is 10.6 Å². The third-order valence-electron chi connectivity index (χ3n) is 3.20. The van der Waals surface area contributed by atoms with Gasteiger partial charge in [-0.05, 0) is 38.8 Å². The highest BCUT2D eigenvalue weighted by atomic mass is 16.6. The van der Waals surface area contributed by atoms with E-state index in [0.29, 0.717) is 0 Å². The number of rotatable bonds is 2. The van der Waals surface area contributed by atoms with Crippen LogP contribution in [-0.2, 0) is 0 Å². The number of nitrogens with zero attached hydrogens (tertiary/aromatic N) is 1. The van der Waals surface area contributed by atoms with E-state index in [4.69, 9.17) is 10.2 Å². The Morgan fingerprint density at radius 1 is 0.958 bits per heavy atom. The molecule has 0 radical (unpaired) electrons. The molecule has 0 atom stereocenters. The molecule has 6 heteroatoms. The first-order valence-electron chi connectivity index (χ1n) is 7.45. The molecule has 0 aromatic heterocycles. The molecule has 0 aliphatic heterocycles. The van der Waals surface area contributed by atoms with Gasteiger partial charge in [0.1, 0.15) is 6.79 Å². The number of anilines is 1. The zero-order valence-electron chi connectivity index (χ0n) is 14.8. The Hall–Kier alpha value is -2.44. The fraction of sp³-hybridized carbons (Fsp3) is 0.333. The average Bonchev–Trinajstić information content (AvgIpc) is 2.51. The number of nitro benzene ring substituents is 1. The van der Waals surface area contributed by atoms with Gasteiger partial charge in [0.2, 0.25) is 0 Å². The maximum Gasteiger partial charge on any atom is 0.270 e. The third-order valence-corrected chi connectivity index (χ3v) is 3.20. The summed E-state index contributed by atoms with van der Waals surface area (Å²) in [5, 5.41) is 27.7. The smallest absolute Gasteiger partial charge is 0.270 e. The fourth-order valence-corrected chi connectivity index (χ4v) is 2.08. The number of nitro groups is 1. The predicted molar refractivity (Wildman–Crippen MR) is 97.3 cm³/mol. The zero-order valence-corrected chi connectivity index (χ0v) is 14.8. The maximum atomic E-state index is 10.5. The van der Waals surface area contributed by atoms with Gasteiger partial charge >= 0.3 is 0 Å². The summed E-state index contributed by atoms with van der Waals surface area (Å²) >= 11 is 0. The molecule has 0 aliphatic carbocycles. The minimum Gasteiger partial charge on any atom is -0.388 e. The number of hydrogen-bond donors (Lipinski definition) is 3. The van der Waals surface area contributed by atoms with Crippen LogP contribution in [0.15, 0.2) is 36.4 Å². The van der Waals surface area contributed by atoms with E-state index >= 15 is 0 Å². The molecule has 0 unspecified atom stereocenters. The standard InChI is InChI=1S/C9H12N2O2.C8H10.CH4O2/c1-6-4-8(11(12)13)5-7(2)9(6)10-3;1-7-3-5-8(2)6-4-7;2-1-3/h4-5,10H,1-3H3;3-6H,1-2H3;2-3H,1H2. The van der Waals surface area contributed by atoms with Crippen LogP contribution in [0.4, 0.5) is 11.4 Å². The number of aliphatic hydroxyl groups is 2. The number of nitrogens with one attached hydrogen (secondary N) is 1. The van der Waals surface area contributed by atoms with Gasteiger partial charge in [-0.15, -0.1) is 0 Å². The first kappa shape index (κ1) is 21.6. The lowest BCUT2D eigenvalue weighted by Crippen LogP contribution is -1.97. The van der Waals surface area contributed by atoms with Crippen LogP contribution in [0, 0.1) is 37.8 Å². The summed E-state index contributed by atoms with van der Waals surface area (Å²) in [6.07, 6.45) is 0. The minimum absolute atomic E-state index is 0.147. The largest absolute Gasteiger partial charge is 0.388 e. The Labute approximate surface area is 142 Å². The topological polar surface area (TPSA) is 95.6 Å². The Balaban J connectivity index is 0.000000409. The van der Waals surface area contributed by atoms with Gasteiger partial charge in [-0.2, -0.15) is 0 Å². The van der Waals surface area contributed by atoms with E-state index in [1.165, 1.54) is 11.1 Å². The van der Waals surface area contributed by atoms with Crippen LogP contribution in [0.25, 0.3) is 0 Å². The predicted octanol–water partition coefficient (Wildman–Crippen LogP) is 3.49. The third kappa shape index (κ3) is 7.71. The maximum absolute atomic E-state index is 10.5. The molecule has 24 heavy (non-hydrogen) atoms. The molecular formula is C18H26N2O4. The molecule has 0 fully saturated rings. The second-order valence-electron chi connectivity index (χ2n) is 5.26. The average molecular weight is 334 g/mol. The summed E-state index contributed by atoms with van der Waals surface area (Å²) in [5.74, 6) is 0. The highest BCUT2D eigenvalue weighted by Crippen LogP contribution is 2.25. The Bertz CT molecular complexity index is 596. The van der Waals surface area contributed by atoms with Crippen molar-refractivity contribution in [3.63, 3.8) is 0 Å². The molecule has 2 aromatic carbocycles. The van der Waals surface area contributed by atoms with Gasteiger partial charge in [-0.3, -0.25) is 10.1 Å². The van der Waals surface area contributed by atoms with Crippen molar-refractivity contribution in [2.24, 2.45) is 0 Å². The van der Waals surface area contributed by atoms with Crippen LogP contribution < -0.4 is 5.32 Å². The van der Waals surface area contributed by atoms with Crippen LogP contribution in [0.5, 0.6) is 0 Å². The van der Waals surface area contributed by atoms with E-state index in [1.807, 2.05) is 13.8 Å². The number of benzene rings is 2. The molecule has 6 nitrogen and oxygen atoms in total. The van der Waals surface area contributed by atoms with Crippen molar-refractivity contribution in [3.8, 4) is 0 Å². The molecule has 3 N–H and O–H groups in total. The van der Waals surface area contributed by atoms with Gasteiger partial charge in [0.15, 0.2) is 0 Å². The van der Waals surface area contributed by atoms with Crippen molar-refractivity contribution >= 4 is 11.4 Å². The fourth-order valence-electron chi connectivity index (χ4n) is 2.08. The number of aliphatic hydroxyl groups excluding tert-OH is 1. The molecule has 0 spiro atoms. The number of hydrogen-bond acceptors (Lipinski definition) is 5. The molecule has 2 aromatic rings. The lowest BCUT2D eigenvalue weighted by Gasteiger charge is -2.08. The molecule has 0 amide bonds. The lowest BCUT2D eigenvalue weighted by atomic mass is 10.1. The van der Waals surface area contributed by atoms with Gasteiger partial charge < -0.3 is 15.5 Å². The van der Waals surface area contributed by atoms with Crippen molar-refractivity contribution in [1.82, 2.24) is 0 Å². The summed E-state index contributed by atoms with van der Waals surface area (Å²) < 4.78 is 0. The van der Waals surface area contributed by atoms with E-state index in [2.05, 4.69) is 43.4 Å². The summed E-state index contributed by atoms with van der Waals surface area (Å²) in [6.45, 7) is 7.15.